The van der Waals surface area contributed by atoms with E-state index in [9.17, 15) is 4.79 Å². The van der Waals surface area contributed by atoms with E-state index in [1.54, 1.807) is 11.3 Å². The molecule has 0 fully saturated rings. The van der Waals surface area contributed by atoms with Gasteiger partial charge in [0, 0.05) is 23.7 Å². The van der Waals surface area contributed by atoms with Crippen molar-refractivity contribution >= 4 is 17.2 Å². The lowest BCUT2D eigenvalue weighted by molar-refractivity contribution is -0.120. The number of thiazole rings is 1. The van der Waals surface area contributed by atoms with E-state index in [1.807, 2.05) is 26.2 Å². The normalized spacial score (nSPS) is 10.7. The lowest BCUT2D eigenvalue weighted by Crippen LogP contribution is -2.37. The standard InChI is InChI=1S/C10H17N3OS/c1-7(2)12-9(14)4-11-5-10-13-8(3)6-15-10/h6-7,11H,4-5H2,1-3H3,(H,12,14). The molecular weight excluding hydrogens is 210 g/mol. The topological polar surface area (TPSA) is 54.0 Å². The zero-order chi connectivity index (χ0) is 11.3. The second-order valence-electron chi connectivity index (χ2n) is 3.71. The van der Waals surface area contributed by atoms with Crippen LogP contribution >= 0.6 is 11.3 Å². The number of rotatable bonds is 5. The van der Waals surface area contributed by atoms with Crippen LogP contribution in [-0.2, 0) is 11.3 Å². The van der Waals surface area contributed by atoms with Crippen LogP contribution in [0.4, 0.5) is 0 Å². The number of aromatic nitrogens is 1. The van der Waals surface area contributed by atoms with E-state index in [0.29, 0.717) is 13.1 Å². The van der Waals surface area contributed by atoms with Gasteiger partial charge >= 0.3 is 0 Å². The Morgan fingerprint density at radius 1 is 1.60 bits per heavy atom. The van der Waals surface area contributed by atoms with Crippen molar-refractivity contribution in [1.29, 1.82) is 0 Å². The average Bonchev–Trinajstić information content (AvgIpc) is 2.50. The fourth-order valence-electron chi connectivity index (χ4n) is 1.14. The molecule has 0 aromatic carbocycles. The molecule has 0 aliphatic rings. The summed E-state index contributed by atoms with van der Waals surface area (Å²) in [5, 5.41) is 8.90. The van der Waals surface area contributed by atoms with E-state index in [2.05, 4.69) is 15.6 Å². The van der Waals surface area contributed by atoms with Gasteiger partial charge < -0.3 is 10.6 Å². The third-order valence-corrected chi connectivity index (χ3v) is 2.64. The highest BCUT2D eigenvalue weighted by molar-refractivity contribution is 7.09. The van der Waals surface area contributed by atoms with Gasteiger partial charge in [0.1, 0.15) is 5.01 Å². The fourth-order valence-corrected chi connectivity index (χ4v) is 1.88. The van der Waals surface area contributed by atoms with Gasteiger partial charge in [-0.3, -0.25) is 4.79 Å². The van der Waals surface area contributed by atoms with Gasteiger partial charge in [0.25, 0.3) is 0 Å². The monoisotopic (exact) mass is 227 g/mol. The van der Waals surface area contributed by atoms with Crippen molar-refractivity contribution in [3.8, 4) is 0 Å². The number of hydrogen-bond acceptors (Lipinski definition) is 4. The summed E-state index contributed by atoms with van der Waals surface area (Å²) >= 11 is 1.61. The smallest absolute Gasteiger partial charge is 0.234 e. The van der Waals surface area contributed by atoms with E-state index in [-0.39, 0.29) is 11.9 Å². The molecule has 0 spiro atoms. The molecule has 0 bridgehead atoms. The van der Waals surface area contributed by atoms with Crippen LogP contribution in [0.15, 0.2) is 5.38 Å². The van der Waals surface area contributed by atoms with Crippen LogP contribution in [0.5, 0.6) is 0 Å². The van der Waals surface area contributed by atoms with Gasteiger partial charge in [0.15, 0.2) is 0 Å². The summed E-state index contributed by atoms with van der Waals surface area (Å²) < 4.78 is 0. The average molecular weight is 227 g/mol. The van der Waals surface area contributed by atoms with Gasteiger partial charge in [-0.05, 0) is 20.8 Å². The Morgan fingerprint density at radius 2 is 2.33 bits per heavy atom. The maximum atomic E-state index is 11.3. The third-order valence-electron chi connectivity index (χ3n) is 1.68. The van der Waals surface area contributed by atoms with E-state index in [0.717, 1.165) is 10.7 Å². The summed E-state index contributed by atoms with van der Waals surface area (Å²) in [6, 6.07) is 0.196. The second-order valence-corrected chi connectivity index (χ2v) is 4.65. The van der Waals surface area contributed by atoms with E-state index in [1.165, 1.54) is 0 Å². The molecule has 0 atom stereocenters. The van der Waals surface area contributed by atoms with Gasteiger partial charge in [-0.2, -0.15) is 0 Å². The molecule has 1 aromatic heterocycles. The van der Waals surface area contributed by atoms with E-state index < -0.39 is 0 Å². The number of nitrogens with zero attached hydrogens (tertiary/aromatic N) is 1. The highest BCUT2D eigenvalue weighted by Crippen LogP contribution is 2.07. The first-order chi connectivity index (χ1) is 7.08. The highest BCUT2D eigenvalue weighted by Gasteiger charge is 2.03. The Kier molecular flexibility index (Phi) is 4.71. The molecular formula is C10H17N3OS. The summed E-state index contributed by atoms with van der Waals surface area (Å²) in [6.07, 6.45) is 0. The number of aryl methyl sites for hydroxylation is 1. The first-order valence-corrected chi connectivity index (χ1v) is 5.87. The van der Waals surface area contributed by atoms with Gasteiger partial charge in [0.2, 0.25) is 5.91 Å². The van der Waals surface area contributed by atoms with Gasteiger partial charge in [-0.1, -0.05) is 0 Å². The zero-order valence-electron chi connectivity index (χ0n) is 9.33. The lowest BCUT2D eigenvalue weighted by Gasteiger charge is -2.08. The van der Waals surface area contributed by atoms with Crippen LogP contribution in [0.25, 0.3) is 0 Å². The molecule has 1 aromatic rings. The Hall–Kier alpha value is -0.940. The number of hydrogen-bond donors (Lipinski definition) is 2. The predicted octanol–water partition coefficient (Wildman–Crippen LogP) is 1.07. The summed E-state index contributed by atoms with van der Waals surface area (Å²) in [6.45, 7) is 6.86. The molecule has 1 rings (SSSR count). The number of carbonyl (C=O) groups excluding carboxylic acids is 1. The molecule has 1 heterocycles. The predicted molar refractivity (Wildman–Crippen MR) is 61.8 cm³/mol. The first-order valence-electron chi connectivity index (χ1n) is 4.99. The van der Waals surface area contributed by atoms with Crippen molar-refractivity contribution in [2.75, 3.05) is 6.54 Å². The van der Waals surface area contributed by atoms with Crippen molar-refractivity contribution < 1.29 is 4.79 Å². The summed E-state index contributed by atoms with van der Waals surface area (Å²) in [5.74, 6) is 0.0262. The summed E-state index contributed by atoms with van der Waals surface area (Å²) in [4.78, 5) is 15.6. The number of amides is 1. The van der Waals surface area contributed by atoms with E-state index in [4.69, 9.17) is 0 Å². The Balaban J connectivity index is 2.19. The maximum Gasteiger partial charge on any atom is 0.234 e. The van der Waals surface area contributed by atoms with Gasteiger partial charge in [-0.25, -0.2) is 4.98 Å². The molecule has 84 valence electrons. The molecule has 0 saturated carbocycles. The third kappa shape index (κ3) is 4.90. The van der Waals surface area contributed by atoms with Crippen molar-refractivity contribution in [3.63, 3.8) is 0 Å². The Bertz CT molecular complexity index is 322. The molecule has 0 aliphatic heterocycles. The molecule has 1 amide bonds. The van der Waals surface area contributed by atoms with E-state index >= 15 is 0 Å². The highest BCUT2D eigenvalue weighted by atomic mass is 32.1. The first kappa shape index (κ1) is 12.1. The molecule has 0 radical (unpaired) electrons. The van der Waals surface area contributed by atoms with Crippen LogP contribution in [0, 0.1) is 6.92 Å². The molecule has 0 unspecified atom stereocenters. The summed E-state index contributed by atoms with van der Waals surface area (Å²) in [7, 11) is 0. The molecule has 4 nitrogen and oxygen atoms in total. The van der Waals surface area contributed by atoms with Crippen molar-refractivity contribution in [3.05, 3.63) is 16.1 Å². The van der Waals surface area contributed by atoms with Crippen LogP contribution < -0.4 is 10.6 Å². The minimum atomic E-state index is 0.0262. The van der Waals surface area contributed by atoms with Crippen LogP contribution in [0.3, 0.4) is 0 Å². The number of nitrogens with one attached hydrogen (secondary N) is 2. The Labute approximate surface area is 94.1 Å². The zero-order valence-corrected chi connectivity index (χ0v) is 10.1. The second kappa shape index (κ2) is 5.82. The number of carbonyl (C=O) groups is 1. The van der Waals surface area contributed by atoms with Gasteiger partial charge in [-0.15, -0.1) is 11.3 Å². The molecule has 15 heavy (non-hydrogen) atoms. The van der Waals surface area contributed by atoms with Crippen LogP contribution in [0.2, 0.25) is 0 Å². The molecule has 5 heteroatoms. The Morgan fingerprint density at radius 3 is 2.87 bits per heavy atom. The van der Waals surface area contributed by atoms with Crippen LogP contribution in [0.1, 0.15) is 24.5 Å². The van der Waals surface area contributed by atoms with Gasteiger partial charge in [0.05, 0.1) is 6.54 Å². The SMILES string of the molecule is Cc1csc(CNCC(=O)NC(C)C)n1. The van der Waals surface area contributed by atoms with Crippen molar-refractivity contribution in [2.45, 2.75) is 33.4 Å². The summed E-state index contributed by atoms with van der Waals surface area (Å²) in [5.41, 5.74) is 1.03. The largest absolute Gasteiger partial charge is 0.353 e. The maximum absolute atomic E-state index is 11.3. The minimum absolute atomic E-state index is 0.0262. The lowest BCUT2D eigenvalue weighted by atomic mass is 10.4. The van der Waals surface area contributed by atoms with Crippen molar-refractivity contribution in [1.82, 2.24) is 15.6 Å². The minimum Gasteiger partial charge on any atom is -0.353 e. The molecule has 0 saturated heterocycles. The quantitative estimate of drug-likeness (QED) is 0.791. The fraction of sp³-hybridized carbons (Fsp3) is 0.600. The molecule has 0 aliphatic carbocycles. The molecule has 2 N–H and O–H groups in total. The van der Waals surface area contributed by atoms with Crippen LogP contribution in [-0.4, -0.2) is 23.5 Å². The van der Waals surface area contributed by atoms with Crippen molar-refractivity contribution in [2.24, 2.45) is 0 Å².